The Labute approximate surface area is 396 Å². The smallest absolute Gasteiger partial charge is 0.338 e. The Morgan fingerprint density at radius 3 is 1.85 bits per heavy atom. The Kier molecular flexibility index (Phi) is 16.9. The summed E-state index contributed by atoms with van der Waals surface area (Å²) in [5.41, 5.74) is 0.312. The molecule has 2 aliphatic rings. The zero-order valence-corrected chi connectivity index (χ0v) is 43.4. The van der Waals surface area contributed by atoms with Crippen molar-refractivity contribution >= 4 is 33.0 Å². The molecule has 0 aromatic heterocycles. The normalized spacial score (nSPS) is 23.3. The van der Waals surface area contributed by atoms with Crippen molar-refractivity contribution in [2.24, 2.45) is 0 Å². The summed E-state index contributed by atoms with van der Waals surface area (Å²) >= 11 is 0. The van der Waals surface area contributed by atoms with E-state index in [1.807, 2.05) is 31.2 Å². The van der Waals surface area contributed by atoms with Gasteiger partial charge in [-0.2, -0.15) is 0 Å². The monoisotopic (exact) mass is 940 g/mol. The first kappa shape index (κ1) is 51.5. The first-order valence-corrected chi connectivity index (χ1v) is 28.5. The van der Waals surface area contributed by atoms with Gasteiger partial charge < -0.3 is 42.4 Å². The lowest BCUT2D eigenvalue weighted by atomic mass is 9.81. The third-order valence-electron chi connectivity index (χ3n) is 13.8. The highest BCUT2D eigenvalue weighted by molar-refractivity contribution is 6.99. The van der Waals surface area contributed by atoms with Crippen LogP contribution in [0.1, 0.15) is 109 Å². The molecule has 2 saturated heterocycles. The summed E-state index contributed by atoms with van der Waals surface area (Å²) in [7, 11) is -1.66. The summed E-state index contributed by atoms with van der Waals surface area (Å²) < 4.78 is 52.0. The maximum atomic E-state index is 13.7. The topological polar surface area (TPSA) is 111 Å². The van der Waals surface area contributed by atoms with E-state index in [1.165, 1.54) is 10.4 Å². The average molecular weight is 941 g/mol. The Balaban J connectivity index is 1.26. The molecule has 360 valence electrons. The van der Waals surface area contributed by atoms with Crippen LogP contribution in [-0.4, -0.2) is 90.9 Å². The molecule has 0 saturated carbocycles. The van der Waals surface area contributed by atoms with Crippen LogP contribution in [0.4, 0.5) is 0 Å². The van der Waals surface area contributed by atoms with Gasteiger partial charge in [0.15, 0.2) is 14.1 Å². The minimum absolute atomic E-state index is 0.0191. The summed E-state index contributed by atoms with van der Waals surface area (Å²) in [6, 6.07) is 36.2. The Morgan fingerprint density at radius 1 is 0.742 bits per heavy atom. The third-order valence-corrected chi connectivity index (χ3v) is 23.4. The molecule has 0 unspecified atom stereocenters. The number of hydrogen-bond donors (Lipinski definition) is 1. The molecule has 2 aliphatic heterocycles. The van der Waals surface area contributed by atoms with Gasteiger partial charge in [-0.15, -0.1) is 0 Å². The van der Waals surface area contributed by atoms with Gasteiger partial charge in [0.25, 0.3) is 8.32 Å². The highest BCUT2D eigenvalue weighted by atomic mass is 28.4. The lowest BCUT2D eigenvalue weighted by Gasteiger charge is -2.52. The van der Waals surface area contributed by atoms with Crippen LogP contribution >= 0.6 is 0 Å². The fourth-order valence-corrected chi connectivity index (χ4v) is 15.1. The summed E-state index contributed by atoms with van der Waals surface area (Å²) in [5.74, 6) is -0.164. The molecule has 12 heteroatoms. The molecule has 0 bridgehead atoms. The van der Waals surface area contributed by atoms with Crippen LogP contribution in [0.2, 0.25) is 23.2 Å². The SMILES string of the molecule is COc1ccc(CO[C@@H]2C[C@H](CCO[Si](c3ccccc3)(c3ccccc3)C(C)(C)C)O[C@]3(C2)C[C@@](C)(O)C[C@H](C[C@@H](CCO[Si](C)(C)C(C)(C)C)OC(=O)c2ccc(OC)cc2)O3)cc1. The second kappa shape index (κ2) is 21.6. The van der Waals surface area contributed by atoms with Crippen LogP contribution < -0.4 is 19.8 Å². The summed E-state index contributed by atoms with van der Waals surface area (Å²) in [6.45, 7) is 21.1. The van der Waals surface area contributed by atoms with Gasteiger partial charge in [0.05, 0.1) is 50.3 Å². The molecule has 2 fully saturated rings. The molecule has 4 aromatic rings. The molecule has 0 amide bonds. The van der Waals surface area contributed by atoms with E-state index in [2.05, 4.69) is 115 Å². The number of methoxy groups -OCH3 is 2. The van der Waals surface area contributed by atoms with Crippen LogP contribution in [0, 0.1) is 0 Å². The number of ether oxygens (including phenoxy) is 6. The van der Waals surface area contributed by atoms with Crippen LogP contribution in [-0.2, 0) is 34.4 Å². The summed E-state index contributed by atoms with van der Waals surface area (Å²) in [6.07, 6.45) is 1.49. The number of carbonyl (C=O) groups is 1. The quantitative estimate of drug-likeness (QED) is 0.0721. The molecule has 0 aliphatic carbocycles. The van der Waals surface area contributed by atoms with Crippen molar-refractivity contribution in [3.8, 4) is 11.5 Å². The van der Waals surface area contributed by atoms with E-state index in [4.69, 9.17) is 37.3 Å². The Hall–Kier alpha value is -3.86. The fraction of sp³-hybridized carbons (Fsp3) is 0.537. The average Bonchev–Trinajstić information content (AvgIpc) is 3.26. The van der Waals surface area contributed by atoms with Crippen molar-refractivity contribution in [1.82, 2.24) is 0 Å². The van der Waals surface area contributed by atoms with Crippen molar-refractivity contribution in [1.29, 1.82) is 0 Å². The van der Waals surface area contributed by atoms with Gasteiger partial charge in [-0.25, -0.2) is 4.79 Å². The molecule has 0 radical (unpaired) electrons. The number of aliphatic hydroxyl groups is 1. The fourth-order valence-electron chi connectivity index (χ4n) is 9.45. The third kappa shape index (κ3) is 13.0. The van der Waals surface area contributed by atoms with E-state index in [9.17, 15) is 9.90 Å². The summed E-state index contributed by atoms with van der Waals surface area (Å²) in [4.78, 5) is 13.7. The van der Waals surface area contributed by atoms with Crippen molar-refractivity contribution < 1.29 is 47.2 Å². The molecule has 6 atom stereocenters. The van der Waals surface area contributed by atoms with Crippen LogP contribution in [0.15, 0.2) is 109 Å². The minimum Gasteiger partial charge on any atom is -0.497 e. The maximum absolute atomic E-state index is 13.7. The van der Waals surface area contributed by atoms with E-state index in [0.29, 0.717) is 69.7 Å². The predicted octanol–water partition coefficient (Wildman–Crippen LogP) is 10.4. The molecule has 2 heterocycles. The van der Waals surface area contributed by atoms with E-state index in [0.717, 1.165) is 11.3 Å². The van der Waals surface area contributed by atoms with Crippen LogP contribution in [0.5, 0.6) is 11.5 Å². The van der Waals surface area contributed by atoms with Gasteiger partial charge in [-0.1, -0.05) is 114 Å². The van der Waals surface area contributed by atoms with Crippen molar-refractivity contribution in [3.63, 3.8) is 0 Å². The largest absolute Gasteiger partial charge is 0.497 e. The molecular weight excluding hydrogens is 865 g/mol. The van der Waals surface area contributed by atoms with Gasteiger partial charge in [0.2, 0.25) is 0 Å². The van der Waals surface area contributed by atoms with Crippen molar-refractivity contribution in [2.45, 2.75) is 159 Å². The standard InChI is InChI=1S/C54H76O10Si2/c1-51(2,3)65(10,11)60-32-30-44(62-50(55)41-24-28-43(58-9)29-25-41)34-47-36-53(7,56)39-54(64-47)37-46(59-38-40-22-26-42(57-8)27-23-40)35-45(63-54)31-33-61-66(52(4,5)6,48-18-14-12-15-19-48)49-20-16-13-17-21-49/h12-29,44-47,56H,30-39H2,1-11H3/t44-,45+,46-,47+,53+,54+/m1/s1. The van der Waals surface area contributed by atoms with Gasteiger partial charge in [-0.05, 0) is 88.9 Å². The maximum Gasteiger partial charge on any atom is 0.338 e. The zero-order chi connectivity index (χ0) is 47.8. The van der Waals surface area contributed by atoms with Gasteiger partial charge in [0.1, 0.15) is 17.6 Å². The molecule has 66 heavy (non-hydrogen) atoms. The molecule has 6 rings (SSSR count). The lowest BCUT2D eigenvalue weighted by Crippen LogP contribution is -2.66. The highest BCUT2D eigenvalue weighted by Gasteiger charge is 2.54. The van der Waals surface area contributed by atoms with Crippen molar-refractivity contribution in [2.75, 3.05) is 27.4 Å². The molecule has 10 nitrogen and oxygen atoms in total. The minimum atomic E-state index is -2.82. The number of rotatable bonds is 19. The predicted molar refractivity (Wildman–Crippen MR) is 266 cm³/mol. The van der Waals surface area contributed by atoms with E-state index < -0.39 is 46.2 Å². The van der Waals surface area contributed by atoms with E-state index in [-0.39, 0.29) is 28.7 Å². The van der Waals surface area contributed by atoms with Crippen LogP contribution in [0.3, 0.4) is 0 Å². The van der Waals surface area contributed by atoms with Gasteiger partial charge in [-0.3, -0.25) is 0 Å². The molecule has 1 spiro atoms. The van der Waals surface area contributed by atoms with Gasteiger partial charge >= 0.3 is 5.97 Å². The second-order valence-corrected chi connectivity index (χ2v) is 30.3. The van der Waals surface area contributed by atoms with E-state index >= 15 is 0 Å². The first-order chi connectivity index (χ1) is 31.2. The number of hydrogen-bond acceptors (Lipinski definition) is 10. The highest BCUT2D eigenvalue weighted by Crippen LogP contribution is 2.46. The molecule has 4 aromatic carbocycles. The Morgan fingerprint density at radius 2 is 1.30 bits per heavy atom. The first-order valence-electron chi connectivity index (χ1n) is 23.7. The summed E-state index contributed by atoms with van der Waals surface area (Å²) in [5, 5.41) is 14.4. The van der Waals surface area contributed by atoms with E-state index in [1.54, 1.807) is 38.5 Å². The zero-order valence-electron chi connectivity index (χ0n) is 41.4. The van der Waals surface area contributed by atoms with Gasteiger partial charge in [0, 0.05) is 51.7 Å². The number of esters is 1. The number of carbonyl (C=O) groups excluding carboxylic acids is 1. The van der Waals surface area contributed by atoms with Crippen LogP contribution in [0.25, 0.3) is 0 Å². The lowest BCUT2D eigenvalue weighted by molar-refractivity contribution is -0.354. The molecule has 1 N–H and O–H groups in total. The Bertz CT molecular complexity index is 2080. The number of benzene rings is 4. The molecular formula is C54H76O10Si2. The second-order valence-electron chi connectivity index (χ2n) is 21.2. The van der Waals surface area contributed by atoms with Crippen molar-refractivity contribution in [3.05, 3.63) is 120 Å².